The summed E-state index contributed by atoms with van der Waals surface area (Å²) in [6.45, 7) is 1.55. The lowest BCUT2D eigenvalue weighted by molar-refractivity contribution is -0.147. The van der Waals surface area contributed by atoms with Crippen LogP contribution in [0.5, 0.6) is 0 Å². The summed E-state index contributed by atoms with van der Waals surface area (Å²) in [5.74, 6) is -0.975. The van der Waals surface area contributed by atoms with Crippen LogP contribution in [-0.2, 0) is 20.7 Å². The number of aromatic amines is 1. The van der Waals surface area contributed by atoms with Gasteiger partial charge < -0.3 is 15.0 Å². The molecule has 5 nitrogen and oxygen atoms in total. The molecule has 106 valence electrons. The van der Waals surface area contributed by atoms with Gasteiger partial charge in [0.05, 0.1) is 6.61 Å². The predicted octanol–water partition coefficient (Wildman–Crippen LogP) is 1.78. The zero-order valence-electron chi connectivity index (χ0n) is 12.3. The number of ether oxygens (including phenoxy) is 1. The topological polar surface area (TPSA) is 71.2 Å². The first-order chi connectivity index (χ1) is 10.2. The summed E-state index contributed by atoms with van der Waals surface area (Å²) < 4.78 is 12.0. The number of nitrogens with one attached hydrogen (secondary N) is 2. The summed E-state index contributed by atoms with van der Waals surface area (Å²) in [6.07, 6.45) is 2.15. The number of carbonyl (C=O) groups excluding carboxylic acids is 2. The van der Waals surface area contributed by atoms with E-state index in [1.54, 1.807) is 6.92 Å². The predicted molar refractivity (Wildman–Crippen MR) is 76.2 cm³/mol. The van der Waals surface area contributed by atoms with Gasteiger partial charge in [-0.25, -0.2) is 4.79 Å². The lowest BCUT2D eigenvalue weighted by atomic mass is 10.0. The Bertz CT molecular complexity index is 639. The van der Waals surface area contributed by atoms with E-state index in [2.05, 4.69) is 10.3 Å². The number of esters is 1. The van der Waals surface area contributed by atoms with E-state index in [0.717, 1.165) is 16.5 Å². The first kappa shape index (κ1) is 12.7. The number of hydrogen-bond acceptors (Lipinski definition) is 3. The quantitative estimate of drug-likeness (QED) is 0.817. The highest BCUT2D eigenvalue weighted by Gasteiger charge is 2.22. The van der Waals surface area contributed by atoms with E-state index >= 15 is 0 Å². The summed E-state index contributed by atoms with van der Waals surface area (Å²) in [6, 6.07) is 6.97. The number of H-pyrrole nitrogens is 1. The molecule has 1 aromatic carbocycles. The summed E-state index contributed by atoms with van der Waals surface area (Å²) in [7, 11) is 0. The standard InChI is InChI=1S/C15H18N2O3/c1-3-20-15(19)14(17-10(2)18)8-11-9-16-13-7-5-4-6-12(11)13/h4-7,9,14,16H,3,8H2,1-2H3,(H,17,18)/t14-/m0/s1/i2D. The largest absolute Gasteiger partial charge is 0.464 e. The third kappa shape index (κ3) is 3.17. The van der Waals surface area contributed by atoms with Crippen LogP contribution in [0.15, 0.2) is 30.5 Å². The van der Waals surface area contributed by atoms with Crippen LogP contribution in [0, 0.1) is 0 Å². The SMILES string of the molecule is [2H]CC(=O)N[C@@H](Cc1c[nH]c2ccccc12)C(=O)OCC. The number of amides is 1. The fourth-order valence-corrected chi connectivity index (χ4v) is 2.15. The number of carbonyl (C=O) groups is 2. The van der Waals surface area contributed by atoms with E-state index in [4.69, 9.17) is 6.11 Å². The van der Waals surface area contributed by atoms with Crippen molar-refractivity contribution in [3.63, 3.8) is 0 Å². The number of benzene rings is 1. The Hall–Kier alpha value is -2.30. The summed E-state index contributed by atoms with van der Waals surface area (Å²) in [5, 5.41) is 3.55. The molecule has 0 fully saturated rings. The molecule has 0 aliphatic heterocycles. The molecule has 0 saturated carbocycles. The lowest BCUT2D eigenvalue weighted by Crippen LogP contribution is -2.42. The molecule has 2 N–H and O–H groups in total. The fourth-order valence-electron chi connectivity index (χ4n) is 2.15. The number of hydrogen-bond donors (Lipinski definition) is 2. The molecule has 1 amide bonds. The molecule has 0 radical (unpaired) electrons. The van der Waals surface area contributed by atoms with Crippen LogP contribution in [0.1, 0.15) is 20.8 Å². The van der Waals surface area contributed by atoms with Crippen LogP contribution in [0.25, 0.3) is 10.9 Å². The van der Waals surface area contributed by atoms with Gasteiger partial charge in [0, 0.05) is 31.8 Å². The van der Waals surface area contributed by atoms with Crippen LogP contribution in [0.2, 0.25) is 0 Å². The maximum Gasteiger partial charge on any atom is 0.328 e. The van der Waals surface area contributed by atoms with Crippen molar-refractivity contribution >= 4 is 22.8 Å². The molecule has 0 saturated heterocycles. The van der Waals surface area contributed by atoms with Gasteiger partial charge in [0.1, 0.15) is 6.04 Å². The monoisotopic (exact) mass is 275 g/mol. The highest BCUT2D eigenvalue weighted by atomic mass is 16.5. The highest BCUT2D eigenvalue weighted by molar-refractivity contribution is 5.86. The Labute approximate surface area is 118 Å². The van der Waals surface area contributed by atoms with Crippen molar-refractivity contribution in [2.45, 2.75) is 26.3 Å². The Morgan fingerprint density at radius 3 is 3.00 bits per heavy atom. The molecule has 0 bridgehead atoms. The van der Waals surface area contributed by atoms with Gasteiger partial charge in [-0.2, -0.15) is 0 Å². The second-order valence-electron chi connectivity index (χ2n) is 4.44. The van der Waals surface area contributed by atoms with Gasteiger partial charge in [-0.05, 0) is 18.6 Å². The Balaban J connectivity index is 2.21. The molecular weight excluding hydrogens is 256 g/mol. The Kier molecular flexibility index (Phi) is 3.96. The minimum atomic E-state index is -0.776. The maximum absolute atomic E-state index is 11.9. The second kappa shape index (κ2) is 6.23. The molecule has 0 aliphatic carbocycles. The normalized spacial score (nSPS) is 12.8. The smallest absolute Gasteiger partial charge is 0.328 e. The van der Waals surface area contributed by atoms with Gasteiger partial charge in [-0.3, -0.25) is 4.79 Å². The Morgan fingerprint density at radius 2 is 2.25 bits per heavy atom. The minimum absolute atomic E-state index is 0.250. The third-order valence-electron chi connectivity index (χ3n) is 3.01. The van der Waals surface area contributed by atoms with E-state index in [9.17, 15) is 9.59 Å². The van der Waals surface area contributed by atoms with Crippen molar-refractivity contribution in [3.05, 3.63) is 36.0 Å². The number of para-hydroxylation sites is 1. The lowest BCUT2D eigenvalue weighted by Gasteiger charge is -2.15. The van der Waals surface area contributed by atoms with Gasteiger partial charge in [-0.1, -0.05) is 18.2 Å². The van der Waals surface area contributed by atoms with Gasteiger partial charge in [-0.15, -0.1) is 0 Å². The zero-order chi connectivity index (χ0) is 15.2. The second-order valence-corrected chi connectivity index (χ2v) is 4.44. The first-order valence-electron chi connectivity index (χ1n) is 7.16. The van der Waals surface area contributed by atoms with E-state index < -0.39 is 24.8 Å². The third-order valence-corrected chi connectivity index (χ3v) is 3.01. The van der Waals surface area contributed by atoms with Crippen molar-refractivity contribution in [3.8, 4) is 0 Å². The number of rotatable bonds is 5. The summed E-state index contributed by atoms with van der Waals surface area (Å²) in [5.41, 5.74) is 1.90. The van der Waals surface area contributed by atoms with E-state index in [1.165, 1.54) is 0 Å². The molecule has 5 heteroatoms. The van der Waals surface area contributed by atoms with Crippen LogP contribution in [-0.4, -0.2) is 29.5 Å². The molecule has 0 aliphatic rings. The van der Waals surface area contributed by atoms with Crippen molar-refractivity contribution in [1.82, 2.24) is 10.3 Å². The average Bonchev–Trinajstić information content (AvgIpc) is 2.90. The van der Waals surface area contributed by atoms with Gasteiger partial charge in [0.25, 0.3) is 0 Å². The molecule has 20 heavy (non-hydrogen) atoms. The first-order valence-corrected chi connectivity index (χ1v) is 6.46. The maximum atomic E-state index is 11.9. The fraction of sp³-hybridized carbons (Fsp3) is 0.333. The van der Waals surface area contributed by atoms with Crippen molar-refractivity contribution in [2.75, 3.05) is 6.61 Å². The molecule has 1 atom stereocenters. The van der Waals surface area contributed by atoms with Crippen molar-refractivity contribution in [1.29, 1.82) is 0 Å². The van der Waals surface area contributed by atoms with Crippen LogP contribution < -0.4 is 5.32 Å². The average molecular weight is 275 g/mol. The summed E-state index contributed by atoms with van der Waals surface area (Å²) in [4.78, 5) is 26.5. The molecule has 0 spiro atoms. The van der Waals surface area contributed by atoms with E-state index in [0.29, 0.717) is 6.42 Å². The van der Waals surface area contributed by atoms with Crippen LogP contribution in [0.3, 0.4) is 0 Å². The van der Waals surface area contributed by atoms with Gasteiger partial charge in [0.15, 0.2) is 0 Å². The highest BCUT2D eigenvalue weighted by Crippen LogP contribution is 2.19. The minimum Gasteiger partial charge on any atom is -0.464 e. The number of fused-ring (bicyclic) bond motifs is 1. The van der Waals surface area contributed by atoms with Crippen molar-refractivity contribution in [2.24, 2.45) is 0 Å². The molecule has 0 unspecified atom stereocenters. The molecule has 2 aromatic rings. The molecule has 1 heterocycles. The zero-order valence-corrected chi connectivity index (χ0v) is 11.3. The molecule has 2 rings (SSSR count). The number of aromatic nitrogens is 1. The van der Waals surface area contributed by atoms with Crippen LogP contribution in [0.4, 0.5) is 0 Å². The van der Waals surface area contributed by atoms with Crippen LogP contribution >= 0.6 is 0 Å². The van der Waals surface area contributed by atoms with Gasteiger partial charge >= 0.3 is 5.97 Å². The Morgan fingerprint density at radius 1 is 1.45 bits per heavy atom. The molecular formula is C15H18N2O3. The van der Waals surface area contributed by atoms with E-state index in [1.807, 2.05) is 30.5 Å². The summed E-state index contributed by atoms with van der Waals surface area (Å²) >= 11 is 0. The van der Waals surface area contributed by atoms with Gasteiger partial charge in [0.2, 0.25) is 5.91 Å². The van der Waals surface area contributed by atoms with E-state index in [-0.39, 0.29) is 6.61 Å². The van der Waals surface area contributed by atoms with Crippen molar-refractivity contribution < 1.29 is 15.7 Å². The molecule has 1 aromatic heterocycles.